The van der Waals surface area contributed by atoms with Gasteiger partial charge in [-0.15, -0.1) is 0 Å². The van der Waals surface area contributed by atoms with E-state index >= 15 is 0 Å². The van der Waals surface area contributed by atoms with E-state index in [1.807, 2.05) is 37.3 Å². The van der Waals surface area contributed by atoms with Crippen LogP contribution in [0.25, 0.3) is 0 Å². The van der Waals surface area contributed by atoms with Gasteiger partial charge in [0.1, 0.15) is 0 Å². The largest absolute Gasteiger partial charge is 0.325 e. The fourth-order valence-electron chi connectivity index (χ4n) is 2.77. The minimum atomic E-state index is -0.155. The van der Waals surface area contributed by atoms with Gasteiger partial charge in [0.25, 0.3) is 0 Å². The maximum atomic E-state index is 12.1. The normalized spacial score (nSPS) is 28.1. The van der Waals surface area contributed by atoms with Crippen molar-refractivity contribution in [3.8, 4) is 0 Å². The highest BCUT2D eigenvalue weighted by Gasteiger charge is 2.31. The molecule has 0 spiro atoms. The smallest absolute Gasteiger partial charge is 0.241 e. The molecular formula is C16H24N2O. The standard InChI is InChI=1S/C16H24N2O/c1-11-9-10-15(12(11)2)17-13(3)16(19)18-14-7-5-4-6-8-14/h4-8,11-13,15,17H,9-10H2,1-3H3,(H,18,19). The van der Waals surface area contributed by atoms with Gasteiger partial charge in [0.2, 0.25) is 5.91 Å². The fourth-order valence-corrected chi connectivity index (χ4v) is 2.77. The van der Waals surface area contributed by atoms with Crippen molar-refractivity contribution in [2.24, 2.45) is 11.8 Å². The lowest BCUT2D eigenvalue weighted by molar-refractivity contribution is -0.118. The summed E-state index contributed by atoms with van der Waals surface area (Å²) in [5.74, 6) is 1.44. The van der Waals surface area contributed by atoms with Crippen LogP contribution in [0.4, 0.5) is 5.69 Å². The summed E-state index contributed by atoms with van der Waals surface area (Å²) < 4.78 is 0. The molecule has 0 bridgehead atoms. The van der Waals surface area contributed by atoms with Crippen LogP contribution in [-0.4, -0.2) is 18.0 Å². The minimum Gasteiger partial charge on any atom is -0.325 e. The molecule has 1 fully saturated rings. The van der Waals surface area contributed by atoms with Gasteiger partial charge in [-0.25, -0.2) is 0 Å². The molecule has 3 heteroatoms. The van der Waals surface area contributed by atoms with E-state index in [0.29, 0.717) is 12.0 Å². The van der Waals surface area contributed by atoms with Crippen LogP contribution in [0.1, 0.15) is 33.6 Å². The molecular weight excluding hydrogens is 236 g/mol. The van der Waals surface area contributed by atoms with Crippen LogP contribution in [0, 0.1) is 11.8 Å². The maximum absolute atomic E-state index is 12.1. The van der Waals surface area contributed by atoms with E-state index < -0.39 is 0 Å². The van der Waals surface area contributed by atoms with Crippen LogP contribution < -0.4 is 10.6 Å². The van der Waals surface area contributed by atoms with Gasteiger partial charge >= 0.3 is 0 Å². The molecule has 0 heterocycles. The van der Waals surface area contributed by atoms with Crippen molar-refractivity contribution in [3.05, 3.63) is 30.3 Å². The van der Waals surface area contributed by atoms with Crippen molar-refractivity contribution in [1.29, 1.82) is 0 Å². The Bertz CT molecular complexity index is 418. The van der Waals surface area contributed by atoms with Crippen LogP contribution >= 0.6 is 0 Å². The zero-order valence-electron chi connectivity index (χ0n) is 12.0. The fraction of sp³-hybridized carbons (Fsp3) is 0.562. The molecule has 4 unspecified atom stereocenters. The van der Waals surface area contributed by atoms with Crippen LogP contribution in [0.2, 0.25) is 0 Å². The predicted octanol–water partition coefficient (Wildman–Crippen LogP) is 3.04. The molecule has 104 valence electrons. The highest BCUT2D eigenvalue weighted by Crippen LogP contribution is 2.31. The second-order valence-corrected chi connectivity index (χ2v) is 5.76. The summed E-state index contributed by atoms with van der Waals surface area (Å²) in [7, 11) is 0. The number of hydrogen-bond donors (Lipinski definition) is 2. The summed E-state index contributed by atoms with van der Waals surface area (Å²) in [4.78, 5) is 12.1. The summed E-state index contributed by atoms with van der Waals surface area (Å²) >= 11 is 0. The van der Waals surface area contributed by atoms with E-state index in [9.17, 15) is 4.79 Å². The Morgan fingerprint density at radius 2 is 1.89 bits per heavy atom. The van der Waals surface area contributed by atoms with Crippen molar-refractivity contribution in [3.63, 3.8) is 0 Å². The number of anilines is 1. The Labute approximate surface area is 115 Å². The summed E-state index contributed by atoms with van der Waals surface area (Å²) in [6.45, 7) is 6.51. The SMILES string of the molecule is CC(NC1CCC(C)C1C)C(=O)Nc1ccccc1. The summed E-state index contributed by atoms with van der Waals surface area (Å²) in [5.41, 5.74) is 0.856. The molecule has 1 aromatic carbocycles. The first kappa shape index (κ1) is 14.1. The third kappa shape index (κ3) is 3.57. The van der Waals surface area contributed by atoms with E-state index in [4.69, 9.17) is 0 Å². The maximum Gasteiger partial charge on any atom is 0.241 e. The molecule has 19 heavy (non-hydrogen) atoms. The van der Waals surface area contributed by atoms with E-state index in [2.05, 4.69) is 24.5 Å². The minimum absolute atomic E-state index is 0.0398. The second-order valence-electron chi connectivity index (χ2n) is 5.76. The third-order valence-electron chi connectivity index (χ3n) is 4.36. The van der Waals surface area contributed by atoms with Gasteiger partial charge in [-0.3, -0.25) is 4.79 Å². The van der Waals surface area contributed by atoms with E-state index in [0.717, 1.165) is 11.6 Å². The van der Waals surface area contributed by atoms with Crippen molar-refractivity contribution in [2.75, 3.05) is 5.32 Å². The molecule has 2 N–H and O–H groups in total. The van der Waals surface area contributed by atoms with Crippen LogP contribution in [0.5, 0.6) is 0 Å². The number of benzene rings is 1. The van der Waals surface area contributed by atoms with Gasteiger partial charge in [-0.2, -0.15) is 0 Å². The summed E-state index contributed by atoms with van der Waals surface area (Å²) in [6.07, 6.45) is 2.43. The molecule has 1 amide bonds. The number of hydrogen-bond acceptors (Lipinski definition) is 2. The molecule has 0 aliphatic heterocycles. The average Bonchev–Trinajstić information content (AvgIpc) is 2.72. The van der Waals surface area contributed by atoms with Crippen molar-refractivity contribution >= 4 is 11.6 Å². The number of rotatable bonds is 4. The molecule has 4 atom stereocenters. The van der Waals surface area contributed by atoms with Gasteiger partial charge < -0.3 is 10.6 Å². The number of carbonyl (C=O) groups is 1. The summed E-state index contributed by atoms with van der Waals surface area (Å²) in [6, 6.07) is 9.92. The van der Waals surface area contributed by atoms with Gasteiger partial charge in [0.15, 0.2) is 0 Å². The first-order valence-corrected chi connectivity index (χ1v) is 7.20. The van der Waals surface area contributed by atoms with Gasteiger partial charge in [0.05, 0.1) is 6.04 Å². The topological polar surface area (TPSA) is 41.1 Å². The van der Waals surface area contributed by atoms with Gasteiger partial charge in [-0.05, 0) is 43.7 Å². The molecule has 3 nitrogen and oxygen atoms in total. The Kier molecular flexibility index (Phi) is 4.59. The van der Waals surface area contributed by atoms with Crippen molar-refractivity contribution < 1.29 is 4.79 Å². The zero-order valence-corrected chi connectivity index (χ0v) is 12.0. The number of amides is 1. The highest BCUT2D eigenvalue weighted by atomic mass is 16.2. The van der Waals surface area contributed by atoms with E-state index in [1.165, 1.54) is 12.8 Å². The summed E-state index contributed by atoms with van der Waals surface area (Å²) in [5, 5.41) is 6.41. The molecule has 2 rings (SSSR count). The van der Waals surface area contributed by atoms with Crippen molar-refractivity contribution in [1.82, 2.24) is 5.32 Å². The highest BCUT2D eigenvalue weighted by molar-refractivity contribution is 5.94. The first-order chi connectivity index (χ1) is 9.08. The lowest BCUT2D eigenvalue weighted by atomic mass is 9.97. The molecule has 1 aromatic rings. The zero-order chi connectivity index (χ0) is 13.8. The Morgan fingerprint density at radius 1 is 1.21 bits per heavy atom. The molecule has 0 aromatic heterocycles. The molecule has 1 aliphatic carbocycles. The molecule has 1 saturated carbocycles. The Morgan fingerprint density at radius 3 is 2.47 bits per heavy atom. The van der Waals surface area contributed by atoms with Gasteiger partial charge in [-0.1, -0.05) is 32.0 Å². The predicted molar refractivity (Wildman–Crippen MR) is 79.0 cm³/mol. The first-order valence-electron chi connectivity index (χ1n) is 7.20. The Hall–Kier alpha value is -1.35. The third-order valence-corrected chi connectivity index (χ3v) is 4.36. The number of carbonyl (C=O) groups excluding carboxylic acids is 1. The lowest BCUT2D eigenvalue weighted by Gasteiger charge is -2.23. The van der Waals surface area contributed by atoms with E-state index in [-0.39, 0.29) is 11.9 Å². The van der Waals surface area contributed by atoms with Crippen LogP contribution in [0.15, 0.2) is 30.3 Å². The lowest BCUT2D eigenvalue weighted by Crippen LogP contribution is -2.45. The Balaban J connectivity index is 1.86. The molecule has 0 saturated heterocycles. The number of nitrogens with one attached hydrogen (secondary N) is 2. The monoisotopic (exact) mass is 260 g/mol. The number of para-hydroxylation sites is 1. The average molecular weight is 260 g/mol. The quantitative estimate of drug-likeness (QED) is 0.873. The molecule has 0 radical (unpaired) electrons. The van der Waals surface area contributed by atoms with Gasteiger partial charge in [0, 0.05) is 11.7 Å². The van der Waals surface area contributed by atoms with E-state index in [1.54, 1.807) is 0 Å². The van der Waals surface area contributed by atoms with Crippen molar-refractivity contribution in [2.45, 2.75) is 45.7 Å². The van der Waals surface area contributed by atoms with Crippen LogP contribution in [-0.2, 0) is 4.79 Å². The molecule has 1 aliphatic rings. The second kappa shape index (κ2) is 6.20. The van der Waals surface area contributed by atoms with Crippen LogP contribution in [0.3, 0.4) is 0 Å².